The Kier molecular flexibility index (Phi) is 5.51. The van der Waals surface area contributed by atoms with Gasteiger partial charge in [0.2, 0.25) is 0 Å². The van der Waals surface area contributed by atoms with E-state index < -0.39 is 0 Å². The number of carbonyl (C=O) groups is 1. The summed E-state index contributed by atoms with van der Waals surface area (Å²) in [7, 11) is 0. The molecule has 3 N–H and O–H groups in total. The van der Waals surface area contributed by atoms with Crippen LogP contribution >= 0.6 is 11.8 Å². The third kappa shape index (κ3) is 4.03. The molecule has 3 nitrogen and oxygen atoms in total. The van der Waals surface area contributed by atoms with Crippen LogP contribution in [0.25, 0.3) is 0 Å². The molecule has 0 spiro atoms. The molecule has 1 aromatic rings. The largest absolute Gasteiger partial charge is 0.351 e. The van der Waals surface area contributed by atoms with Crippen LogP contribution in [0.1, 0.15) is 34.3 Å². The molecule has 1 atom stereocenters. The van der Waals surface area contributed by atoms with Crippen molar-refractivity contribution in [3.63, 3.8) is 0 Å². The molecule has 0 aliphatic carbocycles. The molecule has 0 radical (unpaired) electrons. The van der Waals surface area contributed by atoms with Crippen molar-refractivity contribution in [3.8, 4) is 11.8 Å². The highest BCUT2D eigenvalue weighted by molar-refractivity contribution is 8.00. The highest BCUT2D eigenvalue weighted by atomic mass is 32.2. The van der Waals surface area contributed by atoms with E-state index in [2.05, 4.69) is 17.2 Å². The molecule has 20 heavy (non-hydrogen) atoms. The number of aryl methyl sites for hydroxylation is 1. The van der Waals surface area contributed by atoms with Gasteiger partial charge in [0.05, 0.1) is 6.54 Å². The third-order valence-corrected chi connectivity index (χ3v) is 4.73. The monoisotopic (exact) mass is 288 g/mol. The van der Waals surface area contributed by atoms with Gasteiger partial charge in [0.1, 0.15) is 0 Å². The second-order valence-electron chi connectivity index (χ2n) is 4.88. The zero-order valence-electron chi connectivity index (χ0n) is 11.7. The Morgan fingerprint density at radius 3 is 3.10 bits per heavy atom. The number of hydrogen-bond acceptors (Lipinski definition) is 3. The Morgan fingerprint density at radius 2 is 2.40 bits per heavy atom. The highest BCUT2D eigenvalue weighted by Crippen LogP contribution is 2.25. The number of thioether (sulfide) groups is 1. The van der Waals surface area contributed by atoms with Crippen LogP contribution < -0.4 is 11.1 Å². The van der Waals surface area contributed by atoms with Crippen molar-refractivity contribution >= 4 is 17.7 Å². The van der Waals surface area contributed by atoms with Gasteiger partial charge in [-0.1, -0.05) is 17.9 Å². The molecule has 1 saturated heterocycles. The smallest absolute Gasteiger partial charge is 0.251 e. The highest BCUT2D eigenvalue weighted by Gasteiger charge is 2.17. The molecule has 1 unspecified atom stereocenters. The molecular formula is C16H20N2OS. The van der Waals surface area contributed by atoms with Gasteiger partial charge in [-0.3, -0.25) is 4.79 Å². The summed E-state index contributed by atoms with van der Waals surface area (Å²) in [6, 6.07) is 5.69. The van der Waals surface area contributed by atoms with E-state index in [4.69, 9.17) is 5.73 Å². The first kappa shape index (κ1) is 15.0. The maximum Gasteiger partial charge on any atom is 0.251 e. The summed E-state index contributed by atoms with van der Waals surface area (Å²) in [5, 5.41) is 3.60. The van der Waals surface area contributed by atoms with Crippen LogP contribution in [0.2, 0.25) is 0 Å². The Balaban J connectivity index is 2.03. The van der Waals surface area contributed by atoms with Crippen LogP contribution in [0.5, 0.6) is 0 Å². The molecule has 0 saturated carbocycles. The number of hydrogen-bond donors (Lipinski definition) is 2. The maximum absolute atomic E-state index is 12.3. The van der Waals surface area contributed by atoms with Crippen molar-refractivity contribution in [1.29, 1.82) is 0 Å². The topological polar surface area (TPSA) is 55.1 Å². The zero-order chi connectivity index (χ0) is 14.4. The first-order valence-electron chi connectivity index (χ1n) is 6.90. The summed E-state index contributed by atoms with van der Waals surface area (Å²) in [6.07, 6.45) is 2.46. The number of nitrogens with two attached hydrogens (primary N) is 1. The van der Waals surface area contributed by atoms with E-state index in [1.165, 1.54) is 18.6 Å². The molecule has 1 heterocycles. The van der Waals surface area contributed by atoms with Crippen LogP contribution in [-0.2, 0) is 0 Å². The summed E-state index contributed by atoms with van der Waals surface area (Å²) < 4.78 is 0. The SMILES string of the molecule is Cc1ccc(C#CCN)cc1C(=O)NCC1CCCS1. The Morgan fingerprint density at radius 1 is 1.55 bits per heavy atom. The van der Waals surface area contributed by atoms with E-state index in [9.17, 15) is 4.79 Å². The van der Waals surface area contributed by atoms with Gasteiger partial charge >= 0.3 is 0 Å². The van der Waals surface area contributed by atoms with Gasteiger partial charge in [-0.2, -0.15) is 11.8 Å². The summed E-state index contributed by atoms with van der Waals surface area (Å²) >= 11 is 1.95. The molecule has 1 amide bonds. The minimum Gasteiger partial charge on any atom is -0.351 e. The first-order chi connectivity index (χ1) is 9.70. The number of benzene rings is 1. The van der Waals surface area contributed by atoms with E-state index in [-0.39, 0.29) is 5.91 Å². The van der Waals surface area contributed by atoms with E-state index >= 15 is 0 Å². The minimum absolute atomic E-state index is 0.00796. The number of nitrogens with one attached hydrogen (secondary N) is 1. The lowest BCUT2D eigenvalue weighted by molar-refractivity contribution is 0.0953. The normalized spacial score (nSPS) is 17.4. The molecule has 1 aliphatic heterocycles. The van der Waals surface area contributed by atoms with Crippen molar-refractivity contribution in [2.24, 2.45) is 5.73 Å². The summed E-state index contributed by atoms with van der Waals surface area (Å²) in [5.41, 5.74) is 7.88. The second kappa shape index (κ2) is 7.37. The minimum atomic E-state index is -0.00796. The molecule has 1 aliphatic rings. The molecule has 106 valence electrons. The predicted octanol–water partition coefficient (Wildman–Crippen LogP) is 1.93. The molecular weight excluding hydrogens is 268 g/mol. The van der Waals surface area contributed by atoms with Gasteiger partial charge in [-0.25, -0.2) is 0 Å². The fraction of sp³-hybridized carbons (Fsp3) is 0.438. The first-order valence-corrected chi connectivity index (χ1v) is 7.95. The Labute approximate surface area is 124 Å². The molecule has 2 rings (SSSR count). The molecule has 1 aromatic carbocycles. The summed E-state index contributed by atoms with van der Waals surface area (Å²) in [6.45, 7) is 3.02. The van der Waals surface area contributed by atoms with E-state index in [1.54, 1.807) is 0 Å². The van der Waals surface area contributed by atoms with Gasteiger partial charge in [-0.15, -0.1) is 0 Å². The lowest BCUT2D eigenvalue weighted by Gasteiger charge is -2.11. The van der Waals surface area contributed by atoms with Crippen LogP contribution in [0, 0.1) is 18.8 Å². The van der Waals surface area contributed by atoms with Crippen molar-refractivity contribution < 1.29 is 4.79 Å². The molecule has 4 heteroatoms. The average Bonchev–Trinajstić information content (AvgIpc) is 2.97. The van der Waals surface area contributed by atoms with Gasteiger partial charge in [0.15, 0.2) is 0 Å². The molecule has 0 aromatic heterocycles. The summed E-state index contributed by atoms with van der Waals surface area (Å²) in [4.78, 5) is 12.3. The van der Waals surface area contributed by atoms with Crippen LogP contribution in [0.4, 0.5) is 0 Å². The quantitative estimate of drug-likeness (QED) is 0.836. The second-order valence-corrected chi connectivity index (χ2v) is 6.29. The lowest BCUT2D eigenvalue weighted by Crippen LogP contribution is -2.30. The lowest BCUT2D eigenvalue weighted by atomic mass is 10.0. The van der Waals surface area contributed by atoms with Gasteiger partial charge in [0, 0.05) is 22.9 Å². The van der Waals surface area contributed by atoms with Crippen molar-refractivity contribution in [3.05, 3.63) is 34.9 Å². The number of rotatable bonds is 3. The third-order valence-electron chi connectivity index (χ3n) is 3.33. The van der Waals surface area contributed by atoms with Gasteiger partial charge in [0.25, 0.3) is 5.91 Å². The van der Waals surface area contributed by atoms with E-state index in [0.717, 1.165) is 17.7 Å². The maximum atomic E-state index is 12.3. The fourth-order valence-electron chi connectivity index (χ4n) is 2.20. The van der Waals surface area contributed by atoms with Gasteiger partial charge in [-0.05, 0) is 43.2 Å². The molecule has 0 bridgehead atoms. The zero-order valence-corrected chi connectivity index (χ0v) is 12.6. The van der Waals surface area contributed by atoms with Gasteiger partial charge < -0.3 is 11.1 Å². The van der Waals surface area contributed by atoms with Crippen LogP contribution in [-0.4, -0.2) is 30.0 Å². The fourth-order valence-corrected chi connectivity index (χ4v) is 3.41. The molecule has 1 fully saturated rings. The standard InChI is InChI=1S/C16H20N2OS/c1-12-6-7-13(4-2-8-17)10-15(12)16(19)18-11-14-5-3-9-20-14/h6-7,10,14H,3,5,8-9,11,17H2,1H3,(H,18,19). The number of amides is 1. The Bertz CT molecular complexity index is 539. The summed E-state index contributed by atoms with van der Waals surface area (Å²) in [5.74, 6) is 6.98. The van der Waals surface area contributed by atoms with Crippen LogP contribution in [0.15, 0.2) is 18.2 Å². The van der Waals surface area contributed by atoms with Crippen molar-refractivity contribution in [2.75, 3.05) is 18.8 Å². The van der Waals surface area contributed by atoms with E-state index in [0.29, 0.717) is 17.4 Å². The van der Waals surface area contributed by atoms with Crippen LogP contribution in [0.3, 0.4) is 0 Å². The van der Waals surface area contributed by atoms with E-state index in [1.807, 2.05) is 36.9 Å². The average molecular weight is 288 g/mol. The number of carbonyl (C=O) groups excluding carboxylic acids is 1. The van der Waals surface area contributed by atoms with Crippen molar-refractivity contribution in [1.82, 2.24) is 5.32 Å². The Hall–Kier alpha value is -1.44. The predicted molar refractivity (Wildman–Crippen MR) is 84.9 cm³/mol. The van der Waals surface area contributed by atoms with Crippen molar-refractivity contribution in [2.45, 2.75) is 25.0 Å².